The van der Waals surface area contributed by atoms with Gasteiger partial charge in [-0.3, -0.25) is 24.5 Å². The average Bonchev–Trinajstić information content (AvgIpc) is 3.22. The van der Waals surface area contributed by atoms with Gasteiger partial charge in [0.05, 0.1) is 25.6 Å². The number of hydrogen-bond donors (Lipinski definition) is 5. The van der Waals surface area contributed by atoms with Crippen molar-refractivity contribution in [3.8, 4) is 0 Å². The van der Waals surface area contributed by atoms with Crippen LogP contribution in [0.4, 0.5) is 5.95 Å². The third-order valence-corrected chi connectivity index (χ3v) is 4.99. The summed E-state index contributed by atoms with van der Waals surface area (Å²) in [6.07, 6.45) is -1.90. The van der Waals surface area contributed by atoms with Crippen molar-refractivity contribution in [1.82, 2.24) is 19.5 Å². The first-order valence-corrected chi connectivity index (χ1v) is 9.87. The van der Waals surface area contributed by atoms with E-state index >= 15 is 0 Å². The largest absolute Gasteiger partial charge is 0.695 e. The molecule has 5 atom stereocenters. The van der Waals surface area contributed by atoms with E-state index in [0.717, 1.165) is 0 Å². The molecule has 14 heteroatoms. The third kappa shape index (κ3) is 4.20. The highest BCUT2D eigenvalue weighted by atomic mass is 31.1. The molecular formula is C15H21N5O8P+. The zero-order valence-electron chi connectivity index (χ0n) is 15.6. The molecule has 29 heavy (non-hydrogen) atoms. The number of carbonyl (C=O) groups excluding carboxylic acids is 1. The lowest BCUT2D eigenvalue weighted by molar-refractivity contribution is -0.118. The molecule has 1 aliphatic heterocycles. The number of ether oxygens (including phenoxy) is 1. The number of aliphatic hydroxyl groups excluding tert-OH is 2. The van der Waals surface area contributed by atoms with Crippen molar-refractivity contribution in [3.05, 3.63) is 16.7 Å². The highest BCUT2D eigenvalue weighted by Crippen LogP contribution is 2.40. The zero-order chi connectivity index (χ0) is 21.3. The standard InChI is InChI=1S/C15H20N5O8P/c1-6(2)12(23)18-15-17-11-9(13(24)19-15)16-5-20(11)14-10(28-29(25)26)7(3-21)8(4-22)27-14/h5-8,10,14,21-22H,3-4H2,1-2H3,(H2-,17,18,19,23,24,25,26)/p+1. The summed E-state index contributed by atoms with van der Waals surface area (Å²) in [6.45, 7) is 2.39. The Labute approximate surface area is 164 Å². The quantitative estimate of drug-likeness (QED) is 0.349. The number of imidazole rings is 1. The van der Waals surface area contributed by atoms with E-state index in [0.29, 0.717) is 0 Å². The number of aromatic amines is 1. The van der Waals surface area contributed by atoms with Crippen molar-refractivity contribution >= 4 is 31.3 Å². The Bertz CT molecular complexity index is 975. The minimum atomic E-state index is -3.05. The average molecular weight is 430 g/mol. The predicted molar refractivity (Wildman–Crippen MR) is 97.9 cm³/mol. The number of hydrogen-bond acceptors (Lipinski definition) is 9. The highest BCUT2D eigenvalue weighted by Gasteiger charge is 2.50. The Morgan fingerprint density at radius 3 is 2.76 bits per heavy atom. The van der Waals surface area contributed by atoms with E-state index in [1.807, 2.05) is 0 Å². The van der Waals surface area contributed by atoms with Crippen LogP contribution < -0.4 is 10.9 Å². The van der Waals surface area contributed by atoms with E-state index in [1.165, 1.54) is 10.9 Å². The van der Waals surface area contributed by atoms with E-state index in [1.54, 1.807) is 13.8 Å². The van der Waals surface area contributed by atoms with Gasteiger partial charge in [0.2, 0.25) is 11.9 Å². The molecule has 2 aromatic rings. The number of H-pyrrole nitrogens is 1. The molecule has 13 nitrogen and oxygen atoms in total. The number of fused-ring (bicyclic) bond motifs is 1. The van der Waals surface area contributed by atoms with E-state index in [-0.39, 0.29) is 28.9 Å². The van der Waals surface area contributed by atoms with Crippen LogP contribution in [0, 0.1) is 11.8 Å². The van der Waals surface area contributed by atoms with Crippen LogP contribution in [-0.4, -0.2) is 66.0 Å². The van der Waals surface area contributed by atoms with Crippen LogP contribution in [0.2, 0.25) is 0 Å². The first-order valence-electron chi connectivity index (χ1n) is 8.74. The molecule has 2 aromatic heterocycles. The van der Waals surface area contributed by atoms with Crippen LogP contribution in [0.15, 0.2) is 11.1 Å². The predicted octanol–water partition coefficient (Wildman–Crippen LogP) is -0.753. The Hall–Kier alpha value is -2.28. The van der Waals surface area contributed by atoms with Gasteiger partial charge in [0.1, 0.15) is 0 Å². The fourth-order valence-corrected chi connectivity index (χ4v) is 3.54. The number of amides is 1. The topological polar surface area (TPSA) is 189 Å². The molecule has 1 aliphatic rings. The van der Waals surface area contributed by atoms with E-state index in [4.69, 9.17) is 9.26 Å². The van der Waals surface area contributed by atoms with Crippen LogP contribution in [0.3, 0.4) is 0 Å². The molecule has 5 unspecified atom stereocenters. The van der Waals surface area contributed by atoms with Crippen molar-refractivity contribution in [3.63, 3.8) is 0 Å². The van der Waals surface area contributed by atoms with Crippen molar-refractivity contribution in [2.45, 2.75) is 32.3 Å². The van der Waals surface area contributed by atoms with Crippen LogP contribution in [0.25, 0.3) is 11.2 Å². The van der Waals surface area contributed by atoms with E-state index < -0.39 is 51.4 Å². The maximum absolute atomic E-state index is 12.3. The van der Waals surface area contributed by atoms with E-state index in [9.17, 15) is 29.3 Å². The Balaban J connectivity index is 2.05. The SMILES string of the molecule is CC(C)C(=O)Nc1nc2c(ncn2C2OC(CO)C(CO)C2O[P+](=O)O)c(=O)[nH]1. The lowest BCUT2D eigenvalue weighted by Gasteiger charge is -2.17. The molecule has 0 aromatic carbocycles. The van der Waals surface area contributed by atoms with Gasteiger partial charge >= 0.3 is 8.25 Å². The summed E-state index contributed by atoms with van der Waals surface area (Å²) in [5.41, 5.74) is -0.653. The minimum Gasteiger partial charge on any atom is -0.396 e. The van der Waals surface area contributed by atoms with Gasteiger partial charge in [-0.2, -0.15) is 4.98 Å². The van der Waals surface area contributed by atoms with Gasteiger partial charge < -0.3 is 14.9 Å². The molecule has 0 radical (unpaired) electrons. The van der Waals surface area contributed by atoms with Crippen LogP contribution in [-0.2, 0) is 18.6 Å². The van der Waals surface area contributed by atoms with Gasteiger partial charge in [-0.25, -0.2) is 4.98 Å². The van der Waals surface area contributed by atoms with Crippen molar-refractivity contribution in [2.24, 2.45) is 11.8 Å². The second kappa shape index (κ2) is 8.61. The zero-order valence-corrected chi connectivity index (χ0v) is 16.4. The summed E-state index contributed by atoms with van der Waals surface area (Å²) in [7, 11) is -3.05. The lowest BCUT2D eigenvalue weighted by Crippen LogP contribution is -2.32. The highest BCUT2D eigenvalue weighted by molar-refractivity contribution is 7.32. The second-order valence-electron chi connectivity index (χ2n) is 6.78. The number of nitrogens with zero attached hydrogens (tertiary/aromatic N) is 3. The Kier molecular flexibility index (Phi) is 6.36. The smallest absolute Gasteiger partial charge is 0.396 e. The first kappa shape index (κ1) is 21.4. The van der Waals surface area contributed by atoms with Crippen LogP contribution >= 0.6 is 8.25 Å². The fourth-order valence-electron chi connectivity index (χ4n) is 3.07. The number of nitrogens with one attached hydrogen (secondary N) is 2. The number of rotatable bonds is 7. The molecule has 0 saturated carbocycles. The fraction of sp³-hybridized carbons (Fsp3) is 0.600. The summed E-state index contributed by atoms with van der Waals surface area (Å²) < 4.78 is 23.3. The Morgan fingerprint density at radius 1 is 1.45 bits per heavy atom. The van der Waals surface area contributed by atoms with E-state index in [2.05, 4.69) is 20.3 Å². The lowest BCUT2D eigenvalue weighted by atomic mass is 9.99. The number of carbonyl (C=O) groups is 1. The Morgan fingerprint density at radius 2 is 2.17 bits per heavy atom. The molecule has 1 amide bonds. The summed E-state index contributed by atoms with van der Waals surface area (Å²) in [6, 6.07) is 0. The molecule has 3 heterocycles. The number of aromatic nitrogens is 4. The molecule has 1 fully saturated rings. The molecule has 5 N–H and O–H groups in total. The van der Waals surface area contributed by atoms with Gasteiger partial charge in [-0.1, -0.05) is 13.8 Å². The molecule has 0 aliphatic carbocycles. The van der Waals surface area contributed by atoms with Crippen LogP contribution in [0.5, 0.6) is 0 Å². The maximum Gasteiger partial charge on any atom is 0.695 e. The van der Waals surface area contributed by atoms with Crippen molar-refractivity contribution in [1.29, 1.82) is 0 Å². The summed E-state index contributed by atoms with van der Waals surface area (Å²) >= 11 is 0. The number of aliphatic hydroxyl groups is 2. The minimum absolute atomic E-state index is 0.0230. The van der Waals surface area contributed by atoms with Crippen molar-refractivity contribution < 1.29 is 33.7 Å². The first-order chi connectivity index (χ1) is 13.8. The molecule has 3 rings (SSSR count). The molecule has 1 saturated heterocycles. The molecule has 158 valence electrons. The monoisotopic (exact) mass is 430 g/mol. The second-order valence-corrected chi connectivity index (χ2v) is 7.47. The third-order valence-electron chi connectivity index (χ3n) is 4.57. The van der Waals surface area contributed by atoms with Gasteiger partial charge in [-0.15, -0.1) is 9.42 Å². The normalized spacial score (nSPS) is 25.0. The van der Waals surface area contributed by atoms with Gasteiger partial charge in [0, 0.05) is 16.4 Å². The van der Waals surface area contributed by atoms with Gasteiger partial charge in [0.15, 0.2) is 23.5 Å². The molecule has 0 bridgehead atoms. The van der Waals surface area contributed by atoms with Gasteiger partial charge in [0.25, 0.3) is 5.56 Å². The maximum atomic E-state index is 12.3. The van der Waals surface area contributed by atoms with Gasteiger partial charge in [-0.05, 0) is 0 Å². The summed E-state index contributed by atoms with van der Waals surface area (Å²) in [5, 5.41) is 21.6. The van der Waals surface area contributed by atoms with Crippen molar-refractivity contribution in [2.75, 3.05) is 18.5 Å². The molecule has 0 spiro atoms. The summed E-state index contributed by atoms with van der Waals surface area (Å²) in [4.78, 5) is 44.0. The van der Waals surface area contributed by atoms with Crippen LogP contribution in [0.1, 0.15) is 20.1 Å². The molecular weight excluding hydrogens is 409 g/mol. The summed E-state index contributed by atoms with van der Waals surface area (Å²) in [5.74, 6) is -1.64. The number of anilines is 1.